The van der Waals surface area contributed by atoms with E-state index in [0.29, 0.717) is 11.4 Å². The van der Waals surface area contributed by atoms with Gasteiger partial charge in [0, 0.05) is 0 Å². The van der Waals surface area contributed by atoms with E-state index in [9.17, 15) is 8.42 Å². The number of anilines is 1. The van der Waals surface area contributed by atoms with Gasteiger partial charge >= 0.3 is 4.39 Å². The second-order valence-electron chi connectivity index (χ2n) is 2.85. The smallest absolute Gasteiger partial charge is 0.344 e. The Morgan fingerprint density at radius 3 is 2.64 bits per heavy atom. The predicted molar refractivity (Wildman–Crippen MR) is 55.5 cm³/mol. The second-order valence-corrected chi connectivity index (χ2v) is 5.45. The van der Waals surface area contributed by atoms with Gasteiger partial charge in [0.2, 0.25) is 0 Å². The molecule has 2 rings (SSSR count). The zero-order valence-electron chi connectivity index (χ0n) is 6.97. The molecule has 0 aromatic heterocycles. The number of sulfonamides is 1. The first-order chi connectivity index (χ1) is 6.42. The average molecular weight is 232 g/mol. The minimum absolute atomic E-state index is 0.413. The average Bonchev–Trinajstić information content (AvgIpc) is 2.40. The highest BCUT2D eigenvalue weighted by atomic mass is 32.3. The Hall–Kier alpha value is -0.920. The van der Waals surface area contributed by atoms with Crippen LogP contribution in [0.15, 0.2) is 24.3 Å². The Morgan fingerprint density at radius 1 is 1.43 bits per heavy atom. The molecule has 0 saturated heterocycles. The number of benzene rings is 1. The molecule has 0 radical (unpaired) electrons. The Kier molecular flexibility index (Phi) is 1.91. The summed E-state index contributed by atoms with van der Waals surface area (Å²) in [5.41, 5.74) is 0.552. The van der Waals surface area contributed by atoms with Crippen LogP contribution in [0.3, 0.4) is 0 Å². The van der Waals surface area contributed by atoms with Gasteiger partial charge in [-0.2, -0.15) is 0 Å². The van der Waals surface area contributed by atoms with E-state index in [-0.39, 0.29) is 0 Å². The van der Waals surface area contributed by atoms with E-state index in [1.165, 1.54) is 0 Å². The summed E-state index contributed by atoms with van der Waals surface area (Å²) in [6.07, 6.45) is 0. The van der Waals surface area contributed by atoms with Gasteiger partial charge in [-0.3, -0.25) is 0 Å². The molecule has 1 unspecified atom stereocenters. The van der Waals surface area contributed by atoms with E-state index in [1.807, 2.05) is 0 Å². The number of nitrogens with two attached hydrogens (primary N) is 1. The van der Waals surface area contributed by atoms with Crippen LogP contribution in [0.4, 0.5) is 5.69 Å². The molecule has 1 atom stereocenters. The van der Waals surface area contributed by atoms with E-state index >= 15 is 0 Å². The van der Waals surface area contributed by atoms with Gasteiger partial charge in [-0.05, 0) is 12.1 Å². The summed E-state index contributed by atoms with van der Waals surface area (Å²) in [7, 11) is -3.94. The van der Waals surface area contributed by atoms with Crippen LogP contribution >= 0.6 is 12.6 Å². The molecule has 1 heterocycles. The van der Waals surface area contributed by atoms with Crippen LogP contribution in [0.5, 0.6) is 5.75 Å². The molecule has 14 heavy (non-hydrogen) atoms. The fraction of sp³-hybridized carbons (Fsp3) is 0.143. The summed E-state index contributed by atoms with van der Waals surface area (Å²) < 4.78 is 25.5. The van der Waals surface area contributed by atoms with Crippen molar-refractivity contribution in [1.29, 1.82) is 0 Å². The van der Waals surface area contributed by atoms with Gasteiger partial charge < -0.3 is 10.1 Å². The van der Waals surface area contributed by atoms with Gasteiger partial charge in [-0.25, -0.2) is 13.6 Å². The highest BCUT2D eigenvalue weighted by Crippen LogP contribution is 2.39. The number of hydrogen-bond donors (Lipinski definition) is 3. The molecule has 3 N–H and O–H groups in total. The summed E-state index contributed by atoms with van der Waals surface area (Å²) in [5.74, 6) is 0.413. The van der Waals surface area contributed by atoms with Crippen molar-refractivity contribution in [3.8, 4) is 5.75 Å². The lowest BCUT2D eigenvalue weighted by Gasteiger charge is -2.19. The monoisotopic (exact) mass is 232 g/mol. The topological polar surface area (TPSA) is 81.4 Å². The van der Waals surface area contributed by atoms with Crippen molar-refractivity contribution in [1.82, 2.24) is 0 Å². The highest BCUT2D eigenvalue weighted by Gasteiger charge is 2.45. The normalized spacial score (nSPS) is 25.0. The minimum atomic E-state index is -3.94. The lowest BCUT2D eigenvalue weighted by molar-refractivity contribution is 0.295. The third kappa shape index (κ3) is 1.33. The lowest BCUT2D eigenvalue weighted by atomic mass is 10.3. The number of rotatable bonds is 1. The molecule has 76 valence electrons. The van der Waals surface area contributed by atoms with Gasteiger partial charge in [0.05, 0.1) is 5.69 Å². The Morgan fingerprint density at radius 2 is 2.07 bits per heavy atom. The molecule has 1 aliphatic rings. The van der Waals surface area contributed by atoms with E-state index in [0.717, 1.165) is 0 Å². The molecule has 1 aliphatic heterocycles. The molecule has 5 nitrogen and oxygen atoms in total. The first kappa shape index (κ1) is 9.63. The van der Waals surface area contributed by atoms with Gasteiger partial charge in [-0.1, -0.05) is 24.8 Å². The quantitative estimate of drug-likeness (QED) is 0.609. The van der Waals surface area contributed by atoms with E-state index in [2.05, 4.69) is 17.9 Å². The number of para-hydroxylation sites is 2. The Labute approximate surface area is 86.7 Å². The molecular weight excluding hydrogens is 224 g/mol. The van der Waals surface area contributed by atoms with Crippen molar-refractivity contribution < 1.29 is 13.2 Å². The number of nitrogens with one attached hydrogen (secondary N) is 1. The maximum Gasteiger partial charge on any atom is 0.344 e. The standard InChI is InChI=1S/C7H8N2O3S2/c8-14(10,11)7(13)9-5-3-1-2-4-6(5)12-7/h1-4,9,13H,(H2,8,10,11). The first-order valence-corrected chi connectivity index (χ1v) is 5.73. The largest absolute Gasteiger partial charge is 0.443 e. The van der Waals surface area contributed by atoms with Crippen LogP contribution in [0.1, 0.15) is 0 Å². The maximum absolute atomic E-state index is 11.1. The van der Waals surface area contributed by atoms with Crippen LogP contribution in [0.25, 0.3) is 0 Å². The number of thiol groups is 1. The second kappa shape index (κ2) is 2.78. The van der Waals surface area contributed by atoms with Crippen molar-refractivity contribution in [2.45, 2.75) is 4.39 Å². The third-order valence-electron chi connectivity index (χ3n) is 1.81. The predicted octanol–water partition coefficient (Wildman–Crippen LogP) is 0.321. The number of ether oxygens (including phenoxy) is 1. The Bertz CT molecular complexity index is 447. The fourth-order valence-electron chi connectivity index (χ4n) is 1.13. The summed E-state index contributed by atoms with van der Waals surface area (Å²) in [4.78, 5) is 0. The van der Waals surface area contributed by atoms with Crippen molar-refractivity contribution in [3.63, 3.8) is 0 Å². The summed E-state index contributed by atoms with van der Waals surface area (Å²) >= 11 is 3.86. The van der Waals surface area contributed by atoms with Crippen LogP contribution < -0.4 is 15.2 Å². The van der Waals surface area contributed by atoms with Gasteiger partial charge in [0.1, 0.15) is 5.75 Å². The third-order valence-corrected chi connectivity index (χ3v) is 3.74. The van der Waals surface area contributed by atoms with E-state index < -0.39 is 14.4 Å². The van der Waals surface area contributed by atoms with Crippen molar-refractivity contribution in [3.05, 3.63) is 24.3 Å². The van der Waals surface area contributed by atoms with Crippen molar-refractivity contribution >= 4 is 28.3 Å². The lowest BCUT2D eigenvalue weighted by Crippen LogP contribution is -2.46. The van der Waals surface area contributed by atoms with Gasteiger partial charge in [0.25, 0.3) is 10.0 Å². The number of hydrogen-bond acceptors (Lipinski definition) is 5. The molecule has 1 aromatic carbocycles. The highest BCUT2D eigenvalue weighted by molar-refractivity contribution is 8.04. The molecule has 0 bridgehead atoms. The van der Waals surface area contributed by atoms with Crippen molar-refractivity contribution in [2.24, 2.45) is 5.14 Å². The van der Waals surface area contributed by atoms with E-state index in [1.54, 1.807) is 24.3 Å². The first-order valence-electron chi connectivity index (χ1n) is 3.73. The zero-order valence-corrected chi connectivity index (χ0v) is 8.68. The SMILES string of the molecule is NS(=O)(=O)C1(S)Nc2ccccc2O1. The molecule has 0 spiro atoms. The van der Waals surface area contributed by atoms with Crippen molar-refractivity contribution in [2.75, 3.05) is 5.32 Å². The molecule has 0 amide bonds. The molecule has 7 heteroatoms. The van der Waals surface area contributed by atoms with Crippen LogP contribution in [-0.4, -0.2) is 12.8 Å². The summed E-state index contributed by atoms with van der Waals surface area (Å²) in [6.45, 7) is 0. The van der Waals surface area contributed by atoms with Crippen LogP contribution in [0.2, 0.25) is 0 Å². The van der Waals surface area contributed by atoms with Crippen LogP contribution in [-0.2, 0) is 10.0 Å². The van der Waals surface area contributed by atoms with Crippen LogP contribution in [0, 0.1) is 0 Å². The minimum Gasteiger partial charge on any atom is -0.443 e. The summed E-state index contributed by atoms with van der Waals surface area (Å²) in [6, 6.07) is 6.78. The molecule has 0 saturated carbocycles. The Balaban J connectivity index is 2.45. The van der Waals surface area contributed by atoms with Gasteiger partial charge in [0.15, 0.2) is 0 Å². The molecular formula is C7H8N2O3S2. The molecule has 0 fully saturated rings. The number of primary sulfonamides is 1. The zero-order chi connectivity index (χ0) is 10.4. The maximum atomic E-state index is 11.1. The molecule has 1 aromatic rings. The van der Waals surface area contributed by atoms with Gasteiger partial charge in [-0.15, -0.1) is 0 Å². The van der Waals surface area contributed by atoms with E-state index in [4.69, 9.17) is 9.88 Å². The molecule has 0 aliphatic carbocycles. The fourth-order valence-corrected chi connectivity index (χ4v) is 1.81. The summed E-state index contributed by atoms with van der Waals surface area (Å²) in [5, 5.41) is 7.54. The number of fused-ring (bicyclic) bond motifs is 1.